The second-order valence-electron chi connectivity index (χ2n) is 5.55. The van der Waals surface area contributed by atoms with Gasteiger partial charge in [-0.3, -0.25) is 9.69 Å². The van der Waals surface area contributed by atoms with Crippen molar-refractivity contribution in [2.45, 2.75) is 25.8 Å². The van der Waals surface area contributed by atoms with Crippen LogP contribution in [0.2, 0.25) is 0 Å². The van der Waals surface area contributed by atoms with Gasteiger partial charge in [-0.05, 0) is 30.7 Å². The molecule has 1 atom stereocenters. The molecule has 0 spiro atoms. The van der Waals surface area contributed by atoms with Crippen molar-refractivity contribution in [2.24, 2.45) is 5.73 Å². The maximum absolute atomic E-state index is 12.4. The van der Waals surface area contributed by atoms with Crippen LogP contribution < -0.4 is 5.73 Å². The number of amides is 1. The van der Waals surface area contributed by atoms with Crippen LogP contribution in [-0.2, 0) is 0 Å². The Morgan fingerprint density at radius 1 is 1.24 bits per heavy atom. The topological polar surface area (TPSA) is 69.8 Å². The van der Waals surface area contributed by atoms with Crippen molar-refractivity contribution in [1.82, 2.24) is 9.80 Å². The average Bonchev–Trinajstić information content (AvgIpc) is 2.53. The Kier molecular flexibility index (Phi) is 5.59. The third kappa shape index (κ3) is 3.95. The van der Waals surface area contributed by atoms with Gasteiger partial charge in [-0.25, -0.2) is 0 Å². The number of rotatable bonds is 5. The fourth-order valence-corrected chi connectivity index (χ4v) is 2.86. The van der Waals surface area contributed by atoms with E-state index < -0.39 is 0 Å². The van der Waals surface area contributed by atoms with Crippen LogP contribution in [-0.4, -0.2) is 59.6 Å². The second-order valence-corrected chi connectivity index (χ2v) is 5.55. The molecular formula is C16H25N3O2. The number of nitrogens with zero attached hydrogens (tertiary/aromatic N) is 2. The maximum Gasteiger partial charge on any atom is 0.253 e. The number of hydrogen-bond donors (Lipinski definition) is 2. The molecule has 0 bridgehead atoms. The lowest BCUT2D eigenvalue weighted by Crippen LogP contribution is -2.53. The van der Waals surface area contributed by atoms with Gasteiger partial charge in [0.2, 0.25) is 0 Å². The molecule has 1 aliphatic rings. The standard InChI is InChI=1S/C16H25N3O2/c1-2-3-14(12-17)18-8-10-19(11-9-18)16(21)13-4-6-15(20)7-5-13/h4-7,14,20H,2-3,8-12,17H2,1H3. The van der Waals surface area contributed by atoms with Gasteiger partial charge in [0.15, 0.2) is 0 Å². The number of carbonyl (C=O) groups excluding carboxylic acids is 1. The highest BCUT2D eigenvalue weighted by atomic mass is 16.3. The summed E-state index contributed by atoms with van der Waals surface area (Å²) in [7, 11) is 0. The van der Waals surface area contributed by atoms with E-state index in [1.54, 1.807) is 24.3 Å². The molecule has 116 valence electrons. The van der Waals surface area contributed by atoms with E-state index in [0.29, 0.717) is 18.2 Å². The predicted molar refractivity (Wildman–Crippen MR) is 83.3 cm³/mol. The molecule has 1 heterocycles. The Hall–Kier alpha value is -1.59. The molecule has 5 nitrogen and oxygen atoms in total. The van der Waals surface area contributed by atoms with E-state index in [1.165, 1.54) is 0 Å². The molecule has 1 saturated heterocycles. The summed E-state index contributed by atoms with van der Waals surface area (Å²) in [5.74, 6) is 0.219. The van der Waals surface area contributed by atoms with Gasteiger partial charge < -0.3 is 15.7 Å². The van der Waals surface area contributed by atoms with Crippen LogP contribution in [0.1, 0.15) is 30.1 Å². The quantitative estimate of drug-likeness (QED) is 0.857. The lowest BCUT2D eigenvalue weighted by atomic mass is 10.1. The molecule has 1 aliphatic heterocycles. The van der Waals surface area contributed by atoms with Crippen LogP contribution in [0.5, 0.6) is 5.75 Å². The van der Waals surface area contributed by atoms with E-state index in [9.17, 15) is 9.90 Å². The first-order valence-corrected chi connectivity index (χ1v) is 7.68. The SMILES string of the molecule is CCCC(CN)N1CCN(C(=O)c2ccc(O)cc2)CC1. The molecule has 5 heteroatoms. The zero-order valence-corrected chi connectivity index (χ0v) is 12.7. The van der Waals surface area contributed by atoms with Crippen LogP contribution in [0, 0.1) is 0 Å². The lowest BCUT2D eigenvalue weighted by Gasteiger charge is -2.39. The fraction of sp³-hybridized carbons (Fsp3) is 0.562. The summed E-state index contributed by atoms with van der Waals surface area (Å²) < 4.78 is 0. The van der Waals surface area contributed by atoms with Crippen molar-refractivity contribution in [3.05, 3.63) is 29.8 Å². The molecular weight excluding hydrogens is 266 g/mol. The second kappa shape index (κ2) is 7.43. The van der Waals surface area contributed by atoms with Crippen molar-refractivity contribution in [1.29, 1.82) is 0 Å². The van der Waals surface area contributed by atoms with Crippen molar-refractivity contribution in [2.75, 3.05) is 32.7 Å². The highest BCUT2D eigenvalue weighted by molar-refractivity contribution is 5.94. The summed E-state index contributed by atoms with van der Waals surface area (Å²) >= 11 is 0. The van der Waals surface area contributed by atoms with Crippen molar-refractivity contribution in [3.8, 4) is 5.75 Å². The number of benzene rings is 1. The van der Waals surface area contributed by atoms with Gasteiger partial charge in [0, 0.05) is 44.3 Å². The van der Waals surface area contributed by atoms with Crippen LogP contribution in [0.3, 0.4) is 0 Å². The van der Waals surface area contributed by atoms with Gasteiger partial charge in [-0.15, -0.1) is 0 Å². The lowest BCUT2D eigenvalue weighted by molar-refractivity contribution is 0.0566. The summed E-state index contributed by atoms with van der Waals surface area (Å²) in [5.41, 5.74) is 6.47. The minimum atomic E-state index is 0.0365. The zero-order chi connectivity index (χ0) is 15.2. The third-order valence-corrected chi connectivity index (χ3v) is 4.13. The van der Waals surface area contributed by atoms with Crippen molar-refractivity contribution < 1.29 is 9.90 Å². The number of hydrogen-bond acceptors (Lipinski definition) is 4. The maximum atomic E-state index is 12.4. The minimum Gasteiger partial charge on any atom is -0.508 e. The molecule has 21 heavy (non-hydrogen) atoms. The Balaban J connectivity index is 1.91. The molecule has 1 fully saturated rings. The molecule has 1 aromatic rings. The number of nitrogens with two attached hydrogens (primary N) is 1. The van der Waals surface area contributed by atoms with Gasteiger partial charge in [0.25, 0.3) is 5.91 Å². The Labute approximate surface area is 126 Å². The van der Waals surface area contributed by atoms with E-state index in [-0.39, 0.29) is 11.7 Å². The smallest absolute Gasteiger partial charge is 0.253 e. The van der Waals surface area contributed by atoms with Gasteiger partial charge in [-0.2, -0.15) is 0 Å². The number of piperazine rings is 1. The van der Waals surface area contributed by atoms with Crippen LogP contribution in [0.4, 0.5) is 0 Å². The Morgan fingerprint density at radius 2 is 1.86 bits per heavy atom. The number of carbonyl (C=O) groups is 1. The van der Waals surface area contributed by atoms with Crippen molar-refractivity contribution >= 4 is 5.91 Å². The number of aromatic hydroxyl groups is 1. The molecule has 3 N–H and O–H groups in total. The monoisotopic (exact) mass is 291 g/mol. The van der Waals surface area contributed by atoms with Gasteiger partial charge in [-0.1, -0.05) is 13.3 Å². The molecule has 0 aromatic heterocycles. The Morgan fingerprint density at radius 3 is 2.38 bits per heavy atom. The predicted octanol–water partition coefficient (Wildman–Crippen LogP) is 1.28. The van der Waals surface area contributed by atoms with E-state index in [4.69, 9.17) is 5.73 Å². The molecule has 0 aliphatic carbocycles. The summed E-state index contributed by atoms with van der Waals surface area (Å²) in [6.45, 7) is 6.09. The summed E-state index contributed by atoms with van der Waals surface area (Å²) in [4.78, 5) is 16.7. The van der Waals surface area contributed by atoms with E-state index >= 15 is 0 Å². The van der Waals surface area contributed by atoms with Crippen molar-refractivity contribution in [3.63, 3.8) is 0 Å². The van der Waals surface area contributed by atoms with E-state index in [1.807, 2.05) is 4.90 Å². The first kappa shape index (κ1) is 15.8. The summed E-state index contributed by atoms with van der Waals surface area (Å²) in [6, 6.07) is 6.87. The molecule has 2 rings (SSSR count). The van der Waals surface area contributed by atoms with Gasteiger partial charge in [0.05, 0.1) is 0 Å². The van der Waals surface area contributed by atoms with Gasteiger partial charge >= 0.3 is 0 Å². The van der Waals surface area contributed by atoms with Crippen LogP contribution >= 0.6 is 0 Å². The normalized spacial score (nSPS) is 17.7. The zero-order valence-electron chi connectivity index (χ0n) is 12.7. The van der Waals surface area contributed by atoms with Crippen LogP contribution in [0.25, 0.3) is 0 Å². The third-order valence-electron chi connectivity index (χ3n) is 4.13. The van der Waals surface area contributed by atoms with E-state index in [2.05, 4.69) is 11.8 Å². The average molecular weight is 291 g/mol. The number of phenolic OH excluding ortho intramolecular Hbond substituents is 1. The molecule has 0 radical (unpaired) electrons. The first-order chi connectivity index (χ1) is 10.2. The highest BCUT2D eigenvalue weighted by Gasteiger charge is 2.25. The van der Waals surface area contributed by atoms with Gasteiger partial charge in [0.1, 0.15) is 5.75 Å². The molecule has 0 saturated carbocycles. The molecule has 1 unspecified atom stereocenters. The first-order valence-electron chi connectivity index (χ1n) is 7.68. The largest absolute Gasteiger partial charge is 0.508 e. The summed E-state index contributed by atoms with van der Waals surface area (Å²) in [6.07, 6.45) is 2.25. The highest BCUT2D eigenvalue weighted by Crippen LogP contribution is 2.15. The molecule has 1 amide bonds. The van der Waals surface area contributed by atoms with E-state index in [0.717, 1.165) is 39.0 Å². The molecule has 1 aromatic carbocycles. The minimum absolute atomic E-state index is 0.0365. The fourth-order valence-electron chi connectivity index (χ4n) is 2.86. The Bertz CT molecular complexity index is 453. The van der Waals surface area contributed by atoms with Crippen LogP contribution in [0.15, 0.2) is 24.3 Å². The number of phenols is 1. The summed E-state index contributed by atoms with van der Waals surface area (Å²) in [5, 5.41) is 9.28.